The molecular weight excluding hydrogens is 320 g/mol. The van der Waals surface area contributed by atoms with E-state index in [0.717, 1.165) is 18.2 Å². The Morgan fingerprint density at radius 3 is 2.47 bits per heavy atom. The van der Waals surface area contributed by atoms with E-state index in [-0.39, 0.29) is 11.7 Å². The van der Waals surface area contributed by atoms with Gasteiger partial charge in [-0.25, -0.2) is 0 Å². The molecule has 19 heavy (non-hydrogen) atoms. The summed E-state index contributed by atoms with van der Waals surface area (Å²) in [6, 6.07) is 6.13. The van der Waals surface area contributed by atoms with Crippen LogP contribution >= 0.6 is 15.9 Å². The molecule has 3 nitrogen and oxygen atoms in total. The van der Waals surface area contributed by atoms with E-state index < -0.39 is 6.61 Å². The van der Waals surface area contributed by atoms with Gasteiger partial charge in [0.15, 0.2) is 0 Å². The highest BCUT2D eigenvalue weighted by molar-refractivity contribution is 9.09. The second-order valence-corrected chi connectivity index (χ2v) is 5.11. The lowest BCUT2D eigenvalue weighted by atomic mass is 10.2. The van der Waals surface area contributed by atoms with Crippen molar-refractivity contribution in [3.05, 3.63) is 29.8 Å². The largest absolute Gasteiger partial charge is 0.435 e. The normalized spacial score (nSPS) is 14.5. The minimum Gasteiger partial charge on any atom is -0.435 e. The lowest BCUT2D eigenvalue weighted by molar-refractivity contribution is -0.0498. The smallest absolute Gasteiger partial charge is 0.387 e. The molecule has 6 heteroatoms. The molecule has 0 spiro atoms. The number of benzene rings is 1. The van der Waals surface area contributed by atoms with Crippen molar-refractivity contribution in [3.63, 3.8) is 0 Å². The SMILES string of the molecule is O=C(c1ccc(OC(F)F)cc1)N(CCBr)C1CC1. The first-order valence-corrected chi connectivity index (χ1v) is 7.16. The summed E-state index contributed by atoms with van der Waals surface area (Å²) in [7, 11) is 0. The van der Waals surface area contributed by atoms with E-state index in [4.69, 9.17) is 0 Å². The Balaban J connectivity index is 2.05. The van der Waals surface area contributed by atoms with Crippen molar-refractivity contribution in [2.75, 3.05) is 11.9 Å². The molecule has 0 atom stereocenters. The fourth-order valence-corrected chi connectivity index (χ4v) is 2.25. The zero-order chi connectivity index (χ0) is 13.8. The van der Waals surface area contributed by atoms with E-state index in [0.29, 0.717) is 18.2 Å². The van der Waals surface area contributed by atoms with Gasteiger partial charge in [0.2, 0.25) is 0 Å². The van der Waals surface area contributed by atoms with Crippen molar-refractivity contribution >= 4 is 21.8 Å². The summed E-state index contributed by atoms with van der Waals surface area (Å²) in [5, 5.41) is 0.724. The summed E-state index contributed by atoms with van der Waals surface area (Å²) < 4.78 is 28.3. The minimum atomic E-state index is -2.85. The predicted octanol–water partition coefficient (Wildman–Crippen LogP) is 3.29. The number of alkyl halides is 3. The van der Waals surface area contributed by atoms with Crippen LogP contribution in [0.5, 0.6) is 5.75 Å². The van der Waals surface area contributed by atoms with Gasteiger partial charge in [0.25, 0.3) is 5.91 Å². The van der Waals surface area contributed by atoms with Crippen LogP contribution in [0.25, 0.3) is 0 Å². The molecule has 1 amide bonds. The molecule has 104 valence electrons. The molecule has 1 aromatic rings. The van der Waals surface area contributed by atoms with E-state index in [2.05, 4.69) is 20.7 Å². The van der Waals surface area contributed by atoms with Gasteiger partial charge in [-0.15, -0.1) is 0 Å². The van der Waals surface area contributed by atoms with Crippen molar-refractivity contribution in [1.82, 2.24) is 4.90 Å². The molecule has 0 saturated heterocycles. The van der Waals surface area contributed by atoms with Crippen LogP contribution in [0.4, 0.5) is 8.78 Å². The number of carbonyl (C=O) groups excluding carboxylic acids is 1. The van der Waals surface area contributed by atoms with Gasteiger partial charge in [-0.05, 0) is 37.1 Å². The highest BCUT2D eigenvalue weighted by atomic mass is 79.9. The van der Waals surface area contributed by atoms with E-state index in [1.165, 1.54) is 24.3 Å². The third-order valence-corrected chi connectivity index (χ3v) is 3.26. The summed E-state index contributed by atoms with van der Waals surface area (Å²) in [6.45, 7) is -2.20. The van der Waals surface area contributed by atoms with Crippen molar-refractivity contribution in [1.29, 1.82) is 0 Å². The van der Waals surface area contributed by atoms with Crippen LogP contribution in [-0.4, -0.2) is 35.3 Å². The number of carbonyl (C=O) groups is 1. The Morgan fingerprint density at radius 1 is 1.37 bits per heavy atom. The van der Waals surface area contributed by atoms with Crippen LogP contribution < -0.4 is 4.74 Å². The van der Waals surface area contributed by atoms with Crippen molar-refractivity contribution in [2.45, 2.75) is 25.5 Å². The highest BCUT2D eigenvalue weighted by Crippen LogP contribution is 2.28. The minimum absolute atomic E-state index is 0.0602. The fourth-order valence-electron chi connectivity index (χ4n) is 1.87. The first kappa shape index (κ1) is 14.2. The van der Waals surface area contributed by atoms with Gasteiger partial charge in [-0.1, -0.05) is 15.9 Å². The number of ether oxygens (including phenoxy) is 1. The third kappa shape index (κ3) is 3.89. The van der Waals surface area contributed by atoms with Crippen molar-refractivity contribution < 1.29 is 18.3 Å². The quantitative estimate of drug-likeness (QED) is 0.747. The summed E-state index contributed by atoms with van der Waals surface area (Å²) in [5.41, 5.74) is 0.495. The molecule has 0 aromatic heterocycles. The van der Waals surface area contributed by atoms with Gasteiger partial charge in [-0.2, -0.15) is 8.78 Å². The van der Waals surface area contributed by atoms with E-state index in [1.54, 1.807) is 0 Å². The number of halogens is 3. The first-order chi connectivity index (χ1) is 9.11. The molecule has 0 bridgehead atoms. The van der Waals surface area contributed by atoms with Crippen LogP contribution in [0.3, 0.4) is 0 Å². The average molecular weight is 334 g/mol. The molecule has 2 rings (SSSR count). The molecule has 0 N–H and O–H groups in total. The summed E-state index contributed by atoms with van der Waals surface area (Å²) in [4.78, 5) is 14.1. The lowest BCUT2D eigenvalue weighted by Gasteiger charge is -2.21. The monoisotopic (exact) mass is 333 g/mol. The van der Waals surface area contributed by atoms with Gasteiger partial charge in [0, 0.05) is 23.5 Å². The fraction of sp³-hybridized carbons (Fsp3) is 0.462. The number of hydrogen-bond donors (Lipinski definition) is 0. The van der Waals surface area contributed by atoms with Crippen LogP contribution in [0.2, 0.25) is 0 Å². The number of rotatable bonds is 6. The maximum Gasteiger partial charge on any atom is 0.387 e. The second kappa shape index (κ2) is 6.32. The first-order valence-electron chi connectivity index (χ1n) is 6.03. The molecule has 1 fully saturated rings. The molecule has 0 radical (unpaired) electrons. The standard InChI is InChI=1S/C13H14BrF2NO2/c14-7-8-17(10-3-4-10)12(18)9-1-5-11(6-2-9)19-13(15)16/h1-2,5-6,10,13H,3-4,7-8H2. The van der Waals surface area contributed by atoms with Crippen LogP contribution in [0, 0.1) is 0 Å². The third-order valence-electron chi connectivity index (χ3n) is 2.90. The van der Waals surface area contributed by atoms with Crippen molar-refractivity contribution in [2.24, 2.45) is 0 Å². The Kier molecular flexibility index (Phi) is 4.74. The topological polar surface area (TPSA) is 29.5 Å². The summed E-state index contributed by atoms with van der Waals surface area (Å²) in [5.74, 6) is -0.00411. The molecule has 1 aromatic carbocycles. The maximum absolute atomic E-state index is 12.3. The molecule has 1 saturated carbocycles. The van der Waals surface area contributed by atoms with Gasteiger partial charge >= 0.3 is 6.61 Å². The van der Waals surface area contributed by atoms with Gasteiger partial charge in [0.1, 0.15) is 5.75 Å². The number of amides is 1. The Hall–Kier alpha value is -1.17. The van der Waals surface area contributed by atoms with Crippen molar-refractivity contribution in [3.8, 4) is 5.75 Å². The van der Waals surface area contributed by atoms with E-state index >= 15 is 0 Å². The maximum atomic E-state index is 12.3. The lowest BCUT2D eigenvalue weighted by Crippen LogP contribution is -2.34. The van der Waals surface area contributed by atoms with Gasteiger partial charge < -0.3 is 9.64 Å². The Labute approximate surface area is 118 Å². The summed E-state index contributed by atoms with van der Waals surface area (Å²) in [6.07, 6.45) is 2.07. The Bertz CT molecular complexity index is 435. The molecule has 0 unspecified atom stereocenters. The molecule has 0 heterocycles. The van der Waals surface area contributed by atoms with Crippen LogP contribution in [-0.2, 0) is 0 Å². The molecule has 0 aliphatic heterocycles. The zero-order valence-corrected chi connectivity index (χ0v) is 11.8. The summed E-state index contributed by atoms with van der Waals surface area (Å²) >= 11 is 3.33. The molecule has 1 aliphatic rings. The van der Waals surface area contributed by atoms with E-state index in [9.17, 15) is 13.6 Å². The highest BCUT2D eigenvalue weighted by Gasteiger charge is 2.32. The predicted molar refractivity (Wildman–Crippen MR) is 70.9 cm³/mol. The average Bonchev–Trinajstić information content (AvgIpc) is 3.19. The van der Waals surface area contributed by atoms with Crippen LogP contribution in [0.1, 0.15) is 23.2 Å². The second-order valence-electron chi connectivity index (χ2n) is 4.32. The van der Waals surface area contributed by atoms with Gasteiger partial charge in [-0.3, -0.25) is 4.79 Å². The number of nitrogens with zero attached hydrogens (tertiary/aromatic N) is 1. The molecular formula is C13H14BrF2NO2. The Morgan fingerprint density at radius 2 is 2.00 bits per heavy atom. The number of hydrogen-bond acceptors (Lipinski definition) is 2. The molecule has 1 aliphatic carbocycles. The zero-order valence-electron chi connectivity index (χ0n) is 10.2. The van der Waals surface area contributed by atoms with E-state index in [1.807, 2.05) is 4.90 Å². The van der Waals surface area contributed by atoms with Gasteiger partial charge in [0.05, 0.1) is 0 Å². The van der Waals surface area contributed by atoms with Crippen LogP contribution in [0.15, 0.2) is 24.3 Å².